The fourth-order valence-corrected chi connectivity index (χ4v) is 0.807. The third-order valence-electron chi connectivity index (χ3n) is 1.16. The van der Waals surface area contributed by atoms with Gasteiger partial charge in [-0.05, 0) is 24.4 Å². The molecule has 0 aliphatic heterocycles. The zero-order valence-electron chi connectivity index (χ0n) is 6.28. The lowest BCUT2D eigenvalue weighted by molar-refractivity contribution is 1.04. The molecule has 0 aromatic heterocycles. The van der Waals surface area contributed by atoms with Crippen LogP contribution in [0.1, 0.15) is 0 Å². The van der Waals surface area contributed by atoms with Gasteiger partial charge in [0.2, 0.25) is 0 Å². The number of anilines is 1. The number of nitrogens with two attached hydrogens (primary N) is 1. The van der Waals surface area contributed by atoms with Crippen molar-refractivity contribution in [2.75, 3.05) is 5.32 Å². The van der Waals surface area contributed by atoms with E-state index in [9.17, 15) is 0 Å². The summed E-state index contributed by atoms with van der Waals surface area (Å²) < 4.78 is 0. The second kappa shape index (κ2) is 5.77. The Morgan fingerprint density at radius 1 is 1.25 bits per heavy atom. The van der Waals surface area contributed by atoms with E-state index in [1.165, 1.54) is 0 Å². The molecule has 0 heterocycles. The molecule has 1 aromatic carbocycles. The molecule has 0 saturated heterocycles. The Morgan fingerprint density at radius 3 is 2.33 bits per heavy atom. The minimum atomic E-state index is 0. The van der Waals surface area contributed by atoms with Crippen molar-refractivity contribution in [2.45, 2.75) is 0 Å². The Hall–Kier alpha value is -0.840. The van der Waals surface area contributed by atoms with Gasteiger partial charge in [-0.1, -0.05) is 18.2 Å². The summed E-state index contributed by atoms with van der Waals surface area (Å²) in [5.74, 6) is 5.07. The van der Waals surface area contributed by atoms with E-state index in [-0.39, 0.29) is 12.4 Å². The van der Waals surface area contributed by atoms with Crippen LogP contribution >= 0.6 is 24.6 Å². The summed E-state index contributed by atoms with van der Waals surface area (Å²) in [5.41, 5.74) is 3.26. The summed E-state index contributed by atoms with van der Waals surface area (Å²) in [7, 11) is 0. The van der Waals surface area contributed by atoms with Crippen LogP contribution in [0, 0.1) is 0 Å². The summed E-state index contributed by atoms with van der Waals surface area (Å²) in [4.78, 5) is 0. The number of halogens is 1. The summed E-state index contributed by atoms with van der Waals surface area (Å²) >= 11 is 4.79. The lowest BCUT2D eigenvalue weighted by atomic mass is 10.3. The van der Waals surface area contributed by atoms with Crippen molar-refractivity contribution in [1.29, 1.82) is 0 Å². The standard InChI is InChI=1S/C7H9N3S.ClH/c8-10-7(11)9-6-4-2-1-3-5-6;/h1-5H,8H2,(H2,9,10,11);1H. The molecule has 0 radical (unpaired) electrons. The lowest BCUT2D eigenvalue weighted by Gasteiger charge is -2.04. The van der Waals surface area contributed by atoms with Gasteiger partial charge in [0, 0.05) is 5.69 Å². The highest BCUT2D eigenvalue weighted by atomic mass is 35.5. The van der Waals surface area contributed by atoms with Crippen LogP contribution in [0.2, 0.25) is 0 Å². The monoisotopic (exact) mass is 203 g/mol. The zero-order valence-corrected chi connectivity index (χ0v) is 7.91. The van der Waals surface area contributed by atoms with Crippen LogP contribution in [0.3, 0.4) is 0 Å². The van der Waals surface area contributed by atoms with Crippen molar-refractivity contribution < 1.29 is 0 Å². The van der Waals surface area contributed by atoms with Crippen molar-refractivity contribution in [3.63, 3.8) is 0 Å². The van der Waals surface area contributed by atoms with Crippen molar-refractivity contribution in [3.8, 4) is 0 Å². The summed E-state index contributed by atoms with van der Waals surface area (Å²) in [6.45, 7) is 0. The maximum absolute atomic E-state index is 5.07. The molecule has 4 N–H and O–H groups in total. The Morgan fingerprint density at radius 2 is 1.83 bits per heavy atom. The number of rotatable bonds is 1. The van der Waals surface area contributed by atoms with Crippen LogP contribution in [-0.2, 0) is 0 Å². The molecule has 0 atom stereocenters. The van der Waals surface area contributed by atoms with E-state index in [1.807, 2.05) is 30.3 Å². The summed E-state index contributed by atoms with van der Waals surface area (Å²) in [5, 5.41) is 3.30. The van der Waals surface area contributed by atoms with Crippen LogP contribution in [0.4, 0.5) is 5.69 Å². The average Bonchev–Trinajstić information content (AvgIpc) is 2.06. The lowest BCUT2D eigenvalue weighted by Crippen LogP contribution is -2.34. The molecule has 5 heteroatoms. The van der Waals surface area contributed by atoms with Gasteiger partial charge in [-0.3, -0.25) is 0 Å². The molecular formula is C7H10ClN3S. The first-order chi connectivity index (χ1) is 5.33. The number of hydrogen-bond acceptors (Lipinski definition) is 2. The summed E-state index contributed by atoms with van der Waals surface area (Å²) in [6.07, 6.45) is 0. The molecule has 12 heavy (non-hydrogen) atoms. The van der Waals surface area contributed by atoms with Gasteiger partial charge >= 0.3 is 0 Å². The Labute approximate surface area is 82.7 Å². The topological polar surface area (TPSA) is 50.1 Å². The molecule has 0 aliphatic rings. The first-order valence-corrected chi connectivity index (χ1v) is 3.56. The molecule has 0 unspecified atom stereocenters. The number of hydrogen-bond donors (Lipinski definition) is 3. The fourth-order valence-electron chi connectivity index (χ4n) is 0.689. The third-order valence-corrected chi connectivity index (χ3v) is 1.38. The van der Waals surface area contributed by atoms with Gasteiger partial charge in [0.1, 0.15) is 0 Å². The van der Waals surface area contributed by atoms with E-state index in [0.717, 1.165) is 5.69 Å². The zero-order chi connectivity index (χ0) is 8.10. The molecule has 1 rings (SSSR count). The second-order valence-electron chi connectivity index (χ2n) is 1.96. The summed E-state index contributed by atoms with van der Waals surface area (Å²) in [6, 6.07) is 9.58. The molecular weight excluding hydrogens is 194 g/mol. The van der Waals surface area contributed by atoms with Gasteiger partial charge in [0.05, 0.1) is 0 Å². The van der Waals surface area contributed by atoms with E-state index in [1.54, 1.807) is 0 Å². The second-order valence-corrected chi connectivity index (χ2v) is 2.37. The van der Waals surface area contributed by atoms with Gasteiger partial charge in [-0.2, -0.15) is 0 Å². The molecule has 66 valence electrons. The van der Waals surface area contributed by atoms with Crippen LogP contribution < -0.4 is 16.6 Å². The first kappa shape index (κ1) is 11.2. The van der Waals surface area contributed by atoms with Gasteiger partial charge in [-0.25, -0.2) is 5.84 Å². The number of benzene rings is 1. The predicted molar refractivity (Wildman–Crippen MR) is 57.2 cm³/mol. The molecule has 0 bridgehead atoms. The molecule has 0 amide bonds. The van der Waals surface area contributed by atoms with Gasteiger partial charge in [0.25, 0.3) is 0 Å². The first-order valence-electron chi connectivity index (χ1n) is 3.15. The maximum Gasteiger partial charge on any atom is 0.185 e. The van der Waals surface area contributed by atoms with E-state index < -0.39 is 0 Å². The minimum Gasteiger partial charge on any atom is -0.332 e. The van der Waals surface area contributed by atoms with Gasteiger partial charge in [-0.15, -0.1) is 12.4 Å². The van der Waals surface area contributed by atoms with Gasteiger partial charge < -0.3 is 10.7 Å². The Bertz CT molecular complexity index is 240. The number of nitrogens with one attached hydrogen (secondary N) is 2. The third kappa shape index (κ3) is 3.52. The van der Waals surface area contributed by atoms with E-state index >= 15 is 0 Å². The van der Waals surface area contributed by atoms with Gasteiger partial charge in [0.15, 0.2) is 5.11 Å². The van der Waals surface area contributed by atoms with Crippen molar-refractivity contribution in [1.82, 2.24) is 5.43 Å². The predicted octanol–water partition coefficient (Wildman–Crippen LogP) is 1.27. The van der Waals surface area contributed by atoms with E-state index in [2.05, 4.69) is 10.7 Å². The molecule has 0 spiro atoms. The SMILES string of the molecule is Cl.NNC(=S)Nc1ccccc1. The largest absolute Gasteiger partial charge is 0.332 e. The minimum absolute atomic E-state index is 0. The van der Waals surface area contributed by atoms with E-state index in [0.29, 0.717) is 5.11 Å². The molecule has 1 aromatic rings. The molecule has 0 aliphatic carbocycles. The Balaban J connectivity index is 0.00000121. The van der Waals surface area contributed by atoms with Crippen LogP contribution in [0.15, 0.2) is 30.3 Å². The molecule has 0 saturated carbocycles. The number of hydrazine groups is 1. The van der Waals surface area contributed by atoms with Crippen LogP contribution in [0.25, 0.3) is 0 Å². The number of thiocarbonyl (C=S) groups is 1. The molecule has 0 fully saturated rings. The maximum atomic E-state index is 5.07. The highest BCUT2D eigenvalue weighted by Gasteiger charge is 1.90. The highest BCUT2D eigenvalue weighted by molar-refractivity contribution is 7.80. The smallest absolute Gasteiger partial charge is 0.185 e. The normalized spacial score (nSPS) is 8.08. The fraction of sp³-hybridized carbons (Fsp3) is 0. The highest BCUT2D eigenvalue weighted by Crippen LogP contribution is 2.03. The molecule has 3 nitrogen and oxygen atoms in total. The van der Waals surface area contributed by atoms with Crippen molar-refractivity contribution in [3.05, 3.63) is 30.3 Å². The van der Waals surface area contributed by atoms with E-state index in [4.69, 9.17) is 18.1 Å². The number of para-hydroxylation sites is 1. The average molecular weight is 204 g/mol. The van der Waals surface area contributed by atoms with Crippen molar-refractivity contribution >= 4 is 35.4 Å². The van der Waals surface area contributed by atoms with Crippen molar-refractivity contribution in [2.24, 2.45) is 5.84 Å². The quantitative estimate of drug-likeness (QED) is 0.366. The van der Waals surface area contributed by atoms with Crippen LogP contribution in [0.5, 0.6) is 0 Å². The Kier molecular flexibility index (Phi) is 5.36. The van der Waals surface area contributed by atoms with Crippen LogP contribution in [-0.4, -0.2) is 5.11 Å².